The van der Waals surface area contributed by atoms with Crippen LogP contribution in [-0.4, -0.2) is 113 Å². The summed E-state index contributed by atoms with van der Waals surface area (Å²) in [4.78, 5) is 37.3. The first kappa shape index (κ1) is 39.5. The summed E-state index contributed by atoms with van der Waals surface area (Å²) in [6.07, 6.45) is 14.8. The van der Waals surface area contributed by atoms with Crippen LogP contribution in [0.1, 0.15) is 78.8 Å². The summed E-state index contributed by atoms with van der Waals surface area (Å²) in [5.74, 6) is 0. The van der Waals surface area contributed by atoms with E-state index in [1.165, 1.54) is 23.0 Å². The van der Waals surface area contributed by atoms with E-state index in [1.54, 1.807) is 46.7 Å². The monoisotopic (exact) mass is 799 g/mol. The molecular weight excluding hydrogens is 751 g/mol. The third-order valence-corrected chi connectivity index (χ3v) is 11.5. The van der Waals surface area contributed by atoms with Crippen molar-refractivity contribution in [3.8, 4) is 11.1 Å². The maximum atomic E-state index is 14.3. The predicted octanol–water partition coefficient (Wildman–Crippen LogP) is 5.73. The molecule has 2 saturated heterocycles. The van der Waals surface area contributed by atoms with Crippen molar-refractivity contribution in [2.75, 3.05) is 26.2 Å². The SMILES string of the molecule is CC(C)(C)OC(=O)N1CCC(N/C=C(\C=N)c2cnc3cnn(S(=O)(=O)c4cnc5ccc(-c6cnn(C7CCN(C(=O)OC(C)(C)C)CC7)c6)cn45)c3c2)CC1. The molecule has 5 aromatic rings. The lowest BCUT2D eigenvalue weighted by Gasteiger charge is -2.33. The van der Waals surface area contributed by atoms with E-state index in [0.29, 0.717) is 61.3 Å². The number of pyridine rings is 2. The molecule has 2 fully saturated rings. The summed E-state index contributed by atoms with van der Waals surface area (Å²) in [6.45, 7) is 13.3. The fourth-order valence-electron chi connectivity index (χ4n) is 6.94. The molecule has 0 radical (unpaired) electrons. The van der Waals surface area contributed by atoms with Gasteiger partial charge in [0.1, 0.15) is 27.9 Å². The van der Waals surface area contributed by atoms with Gasteiger partial charge in [-0.3, -0.25) is 14.1 Å². The van der Waals surface area contributed by atoms with Crippen molar-refractivity contribution in [3.63, 3.8) is 0 Å². The number of aromatic nitrogens is 7. The zero-order valence-corrected chi connectivity index (χ0v) is 33.9. The summed E-state index contributed by atoms with van der Waals surface area (Å²) >= 11 is 0. The smallest absolute Gasteiger partial charge is 0.410 e. The molecule has 0 aliphatic carbocycles. The van der Waals surface area contributed by atoms with Crippen LogP contribution in [0.5, 0.6) is 0 Å². The Kier molecular flexibility index (Phi) is 10.6. The number of hydrogen-bond donors (Lipinski definition) is 2. The number of carbonyl (C=O) groups excluding carboxylic acids is 2. The zero-order valence-electron chi connectivity index (χ0n) is 33.0. The molecule has 2 N–H and O–H groups in total. The van der Waals surface area contributed by atoms with Crippen LogP contribution in [0.4, 0.5) is 9.59 Å². The first-order valence-corrected chi connectivity index (χ1v) is 20.5. The summed E-state index contributed by atoms with van der Waals surface area (Å²) in [5.41, 5.74) is 2.51. The van der Waals surface area contributed by atoms with E-state index in [4.69, 9.17) is 14.9 Å². The van der Waals surface area contributed by atoms with Crippen LogP contribution in [0.15, 0.2) is 66.6 Å². The number of ether oxygens (including phenoxy) is 2. The minimum absolute atomic E-state index is 0.0691. The van der Waals surface area contributed by atoms with Crippen LogP contribution in [0.3, 0.4) is 0 Å². The van der Waals surface area contributed by atoms with Gasteiger partial charge in [0.25, 0.3) is 0 Å². The molecule has 0 aromatic carbocycles. The van der Waals surface area contributed by atoms with Gasteiger partial charge in [0.2, 0.25) is 0 Å². The van der Waals surface area contributed by atoms with E-state index in [9.17, 15) is 18.0 Å². The van der Waals surface area contributed by atoms with Gasteiger partial charge in [0.05, 0.1) is 24.6 Å². The van der Waals surface area contributed by atoms with Gasteiger partial charge in [0.15, 0.2) is 5.03 Å². The van der Waals surface area contributed by atoms with Crippen molar-refractivity contribution in [2.24, 2.45) is 0 Å². The molecule has 7 rings (SSSR count). The van der Waals surface area contributed by atoms with Gasteiger partial charge in [-0.1, -0.05) is 0 Å². The highest BCUT2D eigenvalue weighted by Crippen LogP contribution is 2.29. The topological polar surface area (TPSA) is 195 Å². The average Bonchev–Trinajstić information content (AvgIpc) is 3.93. The number of hydrogen-bond acceptors (Lipinski definition) is 12. The third kappa shape index (κ3) is 8.65. The molecule has 2 amide bonds. The van der Waals surface area contributed by atoms with Gasteiger partial charge >= 0.3 is 22.2 Å². The van der Waals surface area contributed by atoms with E-state index in [2.05, 4.69) is 25.5 Å². The first-order valence-electron chi connectivity index (χ1n) is 19.0. The number of amides is 2. The minimum atomic E-state index is -4.27. The number of likely N-dealkylation sites (tertiary alicyclic amines) is 2. The first-order chi connectivity index (χ1) is 27.0. The fraction of sp³-hybridized carbons (Fsp3) is 0.462. The fourth-order valence-corrected chi connectivity index (χ4v) is 8.28. The number of carbonyl (C=O) groups is 2. The predicted molar refractivity (Wildman–Crippen MR) is 213 cm³/mol. The highest BCUT2D eigenvalue weighted by molar-refractivity contribution is 7.90. The molecule has 7 heterocycles. The van der Waals surface area contributed by atoms with Crippen LogP contribution in [0.2, 0.25) is 0 Å². The molecule has 0 spiro atoms. The summed E-state index contributed by atoms with van der Waals surface area (Å²) in [7, 11) is -4.27. The van der Waals surface area contributed by atoms with Gasteiger partial charge in [0, 0.05) is 85.5 Å². The summed E-state index contributed by atoms with van der Waals surface area (Å²) in [6, 6.07) is 5.44. The maximum absolute atomic E-state index is 14.3. The van der Waals surface area contributed by atoms with E-state index in [-0.39, 0.29) is 34.8 Å². The van der Waals surface area contributed by atoms with E-state index < -0.39 is 21.2 Å². The Morgan fingerprint density at radius 3 is 2.11 bits per heavy atom. The van der Waals surface area contributed by atoms with Crippen molar-refractivity contribution in [1.82, 2.24) is 48.5 Å². The van der Waals surface area contributed by atoms with Crippen LogP contribution in [0.25, 0.3) is 33.4 Å². The van der Waals surface area contributed by atoms with Crippen LogP contribution >= 0.6 is 0 Å². The molecule has 0 saturated carbocycles. The standard InChI is InChI=1S/C39H49N11O6S/c1-38(2,3)55-36(51)46-13-9-30(10-14-46)41-20-28(18-40)27-17-33-32(42-19-27)22-45-50(33)57(53,54)35-23-43-34-8-7-26(24-48(34)35)29-21-44-49(25-29)31-11-15-47(16-12-31)37(52)56-39(4,5)6/h7-8,17-25,30-31,40-41H,9-16H2,1-6H3/b28-20+,40-18?. The van der Waals surface area contributed by atoms with Gasteiger partial charge in [-0.25, -0.2) is 14.6 Å². The van der Waals surface area contributed by atoms with E-state index in [1.807, 2.05) is 58.5 Å². The van der Waals surface area contributed by atoms with E-state index in [0.717, 1.165) is 28.1 Å². The summed E-state index contributed by atoms with van der Waals surface area (Å²) in [5, 5.41) is 20.3. The molecule has 302 valence electrons. The molecule has 2 aliphatic rings. The van der Waals surface area contributed by atoms with Gasteiger partial charge < -0.3 is 30.0 Å². The molecule has 0 bridgehead atoms. The molecule has 17 nitrogen and oxygen atoms in total. The number of allylic oxidation sites excluding steroid dienone is 1. The number of imidazole rings is 1. The largest absolute Gasteiger partial charge is 0.444 e. The van der Waals surface area contributed by atoms with Crippen LogP contribution < -0.4 is 5.32 Å². The highest BCUT2D eigenvalue weighted by atomic mass is 32.2. The lowest BCUT2D eigenvalue weighted by molar-refractivity contribution is 0.0179. The van der Waals surface area contributed by atoms with Crippen molar-refractivity contribution in [3.05, 3.63) is 67.1 Å². The van der Waals surface area contributed by atoms with Crippen molar-refractivity contribution in [2.45, 2.75) is 95.5 Å². The second kappa shape index (κ2) is 15.3. The Hall–Kier alpha value is -5.78. The highest BCUT2D eigenvalue weighted by Gasteiger charge is 2.30. The van der Waals surface area contributed by atoms with E-state index >= 15 is 0 Å². The lowest BCUT2D eigenvalue weighted by atomic mass is 10.0. The van der Waals surface area contributed by atoms with Crippen molar-refractivity contribution >= 4 is 50.7 Å². The molecule has 18 heteroatoms. The molecule has 57 heavy (non-hydrogen) atoms. The quantitative estimate of drug-likeness (QED) is 0.182. The molecule has 2 aliphatic heterocycles. The number of rotatable bonds is 8. The number of fused-ring (bicyclic) bond motifs is 2. The van der Waals surface area contributed by atoms with Gasteiger partial charge in [-0.2, -0.15) is 22.7 Å². The Morgan fingerprint density at radius 1 is 0.825 bits per heavy atom. The van der Waals surface area contributed by atoms with Crippen LogP contribution in [0, 0.1) is 5.41 Å². The normalized spacial score (nSPS) is 16.6. The number of nitrogens with one attached hydrogen (secondary N) is 2. The molecule has 0 unspecified atom stereocenters. The Bertz CT molecular complexity index is 2440. The van der Waals surface area contributed by atoms with Gasteiger partial charge in [-0.15, -0.1) is 0 Å². The Balaban J connectivity index is 1.07. The maximum Gasteiger partial charge on any atom is 0.410 e. The van der Waals surface area contributed by atoms with Crippen LogP contribution in [-0.2, 0) is 19.5 Å². The average molecular weight is 800 g/mol. The number of piperidine rings is 2. The molecular formula is C39H49N11O6S. The van der Waals surface area contributed by atoms with Gasteiger partial charge in [-0.05, 0) is 85.4 Å². The third-order valence-electron chi connectivity index (χ3n) is 9.89. The zero-order chi connectivity index (χ0) is 40.7. The van der Waals surface area contributed by atoms with Crippen molar-refractivity contribution < 1.29 is 27.5 Å². The molecule has 0 atom stereocenters. The van der Waals surface area contributed by atoms with Crippen molar-refractivity contribution in [1.29, 1.82) is 5.41 Å². The summed E-state index contributed by atoms with van der Waals surface area (Å²) < 4.78 is 44.0. The second-order valence-electron chi connectivity index (χ2n) is 16.4. The second-order valence-corrected chi connectivity index (χ2v) is 18.1. The lowest BCUT2D eigenvalue weighted by Crippen LogP contribution is -2.45. The Labute approximate surface area is 331 Å². The Morgan fingerprint density at radius 2 is 1.47 bits per heavy atom. The molecule has 5 aromatic heterocycles. The minimum Gasteiger partial charge on any atom is -0.444 e. The number of nitrogens with zero attached hydrogens (tertiary/aromatic N) is 9.